The lowest BCUT2D eigenvalue weighted by atomic mass is 10.1. The molecule has 122 valence electrons. The third-order valence-electron chi connectivity index (χ3n) is 4.86. The Morgan fingerprint density at radius 1 is 1.32 bits per heavy atom. The Morgan fingerprint density at radius 3 is 2.55 bits per heavy atom. The van der Waals surface area contributed by atoms with Gasteiger partial charge in [-0.3, -0.25) is 9.69 Å². The van der Waals surface area contributed by atoms with Crippen molar-refractivity contribution in [2.45, 2.75) is 64.5 Å². The van der Waals surface area contributed by atoms with Gasteiger partial charge in [-0.15, -0.1) is 11.3 Å². The Bertz CT molecular complexity index is 504. The third-order valence-corrected chi connectivity index (χ3v) is 5.86. The van der Waals surface area contributed by atoms with E-state index in [1.54, 1.807) is 11.3 Å². The smallest absolute Gasteiger partial charge is 0.237 e. The molecule has 1 aliphatic heterocycles. The molecule has 2 atom stereocenters. The molecule has 0 spiro atoms. The lowest BCUT2D eigenvalue weighted by Crippen LogP contribution is -2.46. The van der Waals surface area contributed by atoms with Gasteiger partial charge >= 0.3 is 0 Å². The molecule has 1 saturated carbocycles. The number of nitrogens with one attached hydrogen (secondary N) is 1. The van der Waals surface area contributed by atoms with Gasteiger partial charge in [0.2, 0.25) is 5.91 Å². The molecule has 2 aliphatic rings. The van der Waals surface area contributed by atoms with Crippen LogP contribution in [0, 0.1) is 12.8 Å². The van der Waals surface area contributed by atoms with Crippen molar-refractivity contribution in [1.29, 1.82) is 0 Å². The van der Waals surface area contributed by atoms with E-state index in [2.05, 4.69) is 29.0 Å². The zero-order valence-corrected chi connectivity index (χ0v) is 14.5. The maximum Gasteiger partial charge on any atom is 0.237 e. The van der Waals surface area contributed by atoms with Crippen molar-refractivity contribution in [1.82, 2.24) is 15.2 Å². The van der Waals surface area contributed by atoms with Crippen molar-refractivity contribution in [2.24, 2.45) is 5.92 Å². The predicted molar refractivity (Wildman–Crippen MR) is 90.0 cm³/mol. The van der Waals surface area contributed by atoms with Gasteiger partial charge in [0, 0.05) is 11.1 Å². The van der Waals surface area contributed by atoms with E-state index in [0.29, 0.717) is 5.92 Å². The number of amides is 1. The van der Waals surface area contributed by atoms with Crippen molar-refractivity contribution in [3.05, 3.63) is 16.1 Å². The molecule has 1 N–H and O–H groups in total. The van der Waals surface area contributed by atoms with Crippen LogP contribution in [0.3, 0.4) is 0 Å². The second-order valence-corrected chi connectivity index (χ2v) is 8.03. The van der Waals surface area contributed by atoms with Gasteiger partial charge in [-0.2, -0.15) is 0 Å². The average molecular weight is 321 g/mol. The van der Waals surface area contributed by atoms with Crippen LogP contribution in [-0.4, -0.2) is 34.9 Å². The molecular formula is C17H27N3OS. The highest BCUT2D eigenvalue weighted by molar-refractivity contribution is 7.11. The summed E-state index contributed by atoms with van der Waals surface area (Å²) in [7, 11) is 0. The van der Waals surface area contributed by atoms with E-state index in [1.165, 1.54) is 43.4 Å². The zero-order chi connectivity index (χ0) is 15.5. The highest BCUT2D eigenvalue weighted by Gasteiger charge is 2.36. The third kappa shape index (κ3) is 3.87. The lowest BCUT2D eigenvalue weighted by Gasteiger charge is -2.28. The average Bonchev–Trinajstić information content (AvgIpc) is 3.30. The van der Waals surface area contributed by atoms with Crippen LogP contribution < -0.4 is 5.32 Å². The molecule has 4 nitrogen and oxygen atoms in total. The zero-order valence-electron chi connectivity index (χ0n) is 13.7. The molecule has 1 saturated heterocycles. The summed E-state index contributed by atoms with van der Waals surface area (Å²) in [5.74, 6) is 0.762. The molecule has 22 heavy (non-hydrogen) atoms. The van der Waals surface area contributed by atoms with E-state index < -0.39 is 0 Å². The van der Waals surface area contributed by atoms with Gasteiger partial charge in [-0.25, -0.2) is 4.98 Å². The number of aromatic nitrogens is 1. The monoisotopic (exact) mass is 321 g/mol. The van der Waals surface area contributed by atoms with Gasteiger partial charge in [0.05, 0.1) is 12.1 Å². The fourth-order valence-corrected chi connectivity index (χ4v) is 4.17. The van der Waals surface area contributed by atoms with E-state index in [0.717, 1.165) is 18.1 Å². The largest absolute Gasteiger partial charge is 0.345 e. The van der Waals surface area contributed by atoms with Crippen LogP contribution in [0.1, 0.15) is 61.4 Å². The van der Waals surface area contributed by atoms with Crippen molar-refractivity contribution in [3.8, 4) is 0 Å². The van der Waals surface area contributed by atoms with E-state index >= 15 is 0 Å². The Hall–Kier alpha value is -0.940. The lowest BCUT2D eigenvalue weighted by molar-refractivity contribution is -0.126. The first kappa shape index (κ1) is 15.9. The molecule has 0 bridgehead atoms. The van der Waals surface area contributed by atoms with Crippen LogP contribution in [0.25, 0.3) is 0 Å². The predicted octanol–water partition coefficient (Wildman–Crippen LogP) is 3.28. The fraction of sp³-hybridized carbons (Fsp3) is 0.765. The molecule has 1 amide bonds. The SMILES string of the molecule is Cc1cnc([C@@H](NC(=O)[C@H](C)N2CCCCCC2)C2CC2)s1. The molecular weight excluding hydrogens is 294 g/mol. The minimum atomic E-state index is -0.0274. The van der Waals surface area contributed by atoms with E-state index in [4.69, 9.17) is 0 Å². The quantitative estimate of drug-likeness (QED) is 0.905. The summed E-state index contributed by atoms with van der Waals surface area (Å²) >= 11 is 1.72. The molecule has 2 fully saturated rings. The molecule has 5 heteroatoms. The van der Waals surface area contributed by atoms with Gasteiger partial charge < -0.3 is 5.32 Å². The first-order valence-corrected chi connectivity index (χ1v) is 9.43. The molecule has 1 aromatic heterocycles. The number of hydrogen-bond donors (Lipinski definition) is 1. The first-order valence-electron chi connectivity index (χ1n) is 8.62. The number of nitrogens with zero attached hydrogens (tertiary/aromatic N) is 2. The number of rotatable bonds is 5. The summed E-state index contributed by atoms with van der Waals surface area (Å²) in [6, 6.07) is 0.0982. The second kappa shape index (κ2) is 7.09. The van der Waals surface area contributed by atoms with Crippen LogP contribution in [0.4, 0.5) is 0 Å². The molecule has 0 radical (unpaired) electrons. The minimum absolute atomic E-state index is 0.0274. The van der Waals surface area contributed by atoms with Gasteiger partial charge in [0.25, 0.3) is 0 Å². The highest BCUT2D eigenvalue weighted by Crippen LogP contribution is 2.42. The number of hydrogen-bond acceptors (Lipinski definition) is 4. The van der Waals surface area contributed by atoms with Crippen LogP contribution in [-0.2, 0) is 4.79 Å². The van der Waals surface area contributed by atoms with Crippen LogP contribution in [0.15, 0.2) is 6.20 Å². The fourth-order valence-electron chi connectivity index (χ4n) is 3.25. The standard InChI is InChI=1S/C17H27N3OS/c1-12-11-18-17(22-12)15(14-7-8-14)19-16(21)13(2)20-9-5-3-4-6-10-20/h11,13-15H,3-10H2,1-2H3,(H,19,21)/t13-,15-/m0/s1. The molecule has 2 heterocycles. The molecule has 0 aromatic carbocycles. The summed E-state index contributed by atoms with van der Waals surface area (Å²) in [6.45, 7) is 6.24. The number of carbonyl (C=O) groups is 1. The summed E-state index contributed by atoms with van der Waals surface area (Å²) in [6.07, 6.45) is 9.37. The normalized spacial score (nSPS) is 22.8. The van der Waals surface area contributed by atoms with Crippen molar-refractivity contribution >= 4 is 17.2 Å². The van der Waals surface area contributed by atoms with Gasteiger partial charge in [0.15, 0.2) is 0 Å². The van der Waals surface area contributed by atoms with Crippen molar-refractivity contribution in [2.75, 3.05) is 13.1 Å². The molecule has 3 rings (SSSR count). The highest BCUT2D eigenvalue weighted by atomic mass is 32.1. The van der Waals surface area contributed by atoms with Gasteiger partial charge in [0.1, 0.15) is 5.01 Å². The van der Waals surface area contributed by atoms with Gasteiger partial charge in [-0.05, 0) is 58.5 Å². The Balaban J connectivity index is 1.63. The minimum Gasteiger partial charge on any atom is -0.345 e. The van der Waals surface area contributed by atoms with E-state index in [9.17, 15) is 4.79 Å². The summed E-state index contributed by atoms with van der Waals surface area (Å²) in [5.41, 5.74) is 0. The summed E-state index contributed by atoms with van der Waals surface area (Å²) < 4.78 is 0. The Kier molecular flexibility index (Phi) is 5.14. The second-order valence-electron chi connectivity index (χ2n) is 6.76. The molecule has 0 unspecified atom stereocenters. The van der Waals surface area contributed by atoms with Crippen LogP contribution in [0.5, 0.6) is 0 Å². The number of aryl methyl sites for hydroxylation is 1. The Labute approximate surface area is 137 Å². The maximum atomic E-state index is 12.7. The van der Waals surface area contributed by atoms with Gasteiger partial charge in [-0.1, -0.05) is 12.8 Å². The van der Waals surface area contributed by atoms with E-state index in [1.807, 2.05) is 6.20 Å². The maximum absolute atomic E-state index is 12.7. The number of likely N-dealkylation sites (tertiary alicyclic amines) is 1. The summed E-state index contributed by atoms with van der Waals surface area (Å²) in [5, 5.41) is 4.37. The molecule has 1 aromatic rings. The van der Waals surface area contributed by atoms with Crippen molar-refractivity contribution < 1.29 is 4.79 Å². The van der Waals surface area contributed by atoms with Crippen LogP contribution in [0.2, 0.25) is 0 Å². The summed E-state index contributed by atoms with van der Waals surface area (Å²) in [4.78, 5) is 20.8. The van der Waals surface area contributed by atoms with Crippen LogP contribution >= 0.6 is 11.3 Å². The number of carbonyl (C=O) groups excluding carboxylic acids is 1. The first-order chi connectivity index (χ1) is 10.6. The Morgan fingerprint density at radius 2 is 2.00 bits per heavy atom. The number of thiazole rings is 1. The molecule has 1 aliphatic carbocycles. The van der Waals surface area contributed by atoms with Crippen molar-refractivity contribution in [3.63, 3.8) is 0 Å². The van der Waals surface area contributed by atoms with E-state index in [-0.39, 0.29) is 18.0 Å². The topological polar surface area (TPSA) is 45.2 Å².